The fourth-order valence-corrected chi connectivity index (χ4v) is 2.51. The first-order valence-electron chi connectivity index (χ1n) is 9.19. The molecule has 1 N–H and O–H groups in total. The lowest BCUT2D eigenvalue weighted by atomic mass is 10.1. The molecule has 0 bridgehead atoms. The number of phenols is 1. The number of rotatable bonds is 14. The third kappa shape index (κ3) is 11.2. The Balaban J connectivity index is 1.89. The summed E-state index contributed by atoms with van der Waals surface area (Å²) in [6.07, 6.45) is 9.94. The van der Waals surface area contributed by atoms with Crippen LogP contribution in [-0.4, -0.2) is 31.0 Å². The lowest BCUT2D eigenvalue weighted by molar-refractivity contribution is -0.00830. The predicted molar refractivity (Wildman–Crippen MR) is 96.0 cm³/mol. The summed E-state index contributed by atoms with van der Waals surface area (Å²) in [5, 5.41) is 9.23. The zero-order valence-electron chi connectivity index (χ0n) is 14.9. The van der Waals surface area contributed by atoms with E-state index in [-0.39, 0.29) is 6.10 Å². The highest BCUT2D eigenvalue weighted by Crippen LogP contribution is 2.11. The van der Waals surface area contributed by atoms with Crippen LogP contribution in [0, 0.1) is 0 Å². The molecule has 1 atom stereocenters. The van der Waals surface area contributed by atoms with E-state index in [9.17, 15) is 5.11 Å². The van der Waals surface area contributed by atoms with Crippen LogP contribution in [0.5, 0.6) is 5.75 Å². The van der Waals surface area contributed by atoms with Crippen LogP contribution >= 0.6 is 0 Å². The molecule has 0 aliphatic heterocycles. The second-order valence-electron chi connectivity index (χ2n) is 6.29. The zero-order valence-corrected chi connectivity index (χ0v) is 14.9. The Morgan fingerprint density at radius 2 is 1.61 bits per heavy atom. The SMILES string of the molecule is CCCCCCCCO[C@@H](C)COCCCc1ccc(O)cc1. The molecule has 1 aromatic carbocycles. The van der Waals surface area contributed by atoms with Gasteiger partial charge in [-0.3, -0.25) is 0 Å². The van der Waals surface area contributed by atoms with Gasteiger partial charge in [0.1, 0.15) is 5.75 Å². The Hall–Kier alpha value is -1.06. The van der Waals surface area contributed by atoms with Gasteiger partial charge in [0.25, 0.3) is 0 Å². The molecule has 3 nitrogen and oxygen atoms in total. The molecule has 23 heavy (non-hydrogen) atoms. The van der Waals surface area contributed by atoms with E-state index in [0.29, 0.717) is 12.4 Å². The number of aryl methyl sites for hydroxylation is 1. The first-order chi connectivity index (χ1) is 11.2. The van der Waals surface area contributed by atoms with Gasteiger partial charge in [-0.15, -0.1) is 0 Å². The maximum Gasteiger partial charge on any atom is 0.115 e. The highest BCUT2D eigenvalue weighted by Gasteiger charge is 2.02. The molecule has 1 rings (SSSR count). The Bertz CT molecular complexity index is 375. The number of aromatic hydroxyl groups is 1. The Kier molecular flexibility index (Phi) is 11.6. The molecule has 0 aliphatic rings. The average Bonchev–Trinajstić information content (AvgIpc) is 2.55. The summed E-state index contributed by atoms with van der Waals surface area (Å²) in [5.74, 6) is 0.321. The monoisotopic (exact) mass is 322 g/mol. The standard InChI is InChI=1S/C20H34O3/c1-3-4-5-6-7-8-16-23-18(2)17-22-15-9-10-19-11-13-20(21)14-12-19/h11-14,18,21H,3-10,15-17H2,1-2H3/t18-/m0/s1. The van der Waals surface area contributed by atoms with Crippen molar-refractivity contribution < 1.29 is 14.6 Å². The molecule has 0 amide bonds. The van der Waals surface area contributed by atoms with E-state index in [2.05, 4.69) is 13.8 Å². The quantitative estimate of drug-likeness (QED) is 0.484. The van der Waals surface area contributed by atoms with Crippen LogP contribution in [-0.2, 0) is 15.9 Å². The third-order valence-corrected chi connectivity index (χ3v) is 3.94. The molecule has 0 saturated heterocycles. The van der Waals surface area contributed by atoms with Gasteiger partial charge in [0, 0.05) is 13.2 Å². The summed E-state index contributed by atoms with van der Waals surface area (Å²) in [5.41, 5.74) is 1.23. The van der Waals surface area contributed by atoms with Crippen molar-refractivity contribution in [1.82, 2.24) is 0 Å². The van der Waals surface area contributed by atoms with Gasteiger partial charge in [-0.1, -0.05) is 51.2 Å². The van der Waals surface area contributed by atoms with E-state index < -0.39 is 0 Å². The summed E-state index contributed by atoms with van der Waals surface area (Å²) < 4.78 is 11.5. The van der Waals surface area contributed by atoms with Gasteiger partial charge in [0.05, 0.1) is 12.7 Å². The van der Waals surface area contributed by atoms with Crippen molar-refractivity contribution in [3.05, 3.63) is 29.8 Å². The normalized spacial score (nSPS) is 12.4. The van der Waals surface area contributed by atoms with Crippen LogP contribution in [0.15, 0.2) is 24.3 Å². The number of ether oxygens (including phenoxy) is 2. The molecule has 3 heteroatoms. The molecular weight excluding hydrogens is 288 g/mol. The fourth-order valence-electron chi connectivity index (χ4n) is 2.51. The zero-order chi connectivity index (χ0) is 16.8. The molecule has 0 saturated carbocycles. The van der Waals surface area contributed by atoms with Crippen molar-refractivity contribution in [1.29, 1.82) is 0 Å². The highest BCUT2D eigenvalue weighted by atomic mass is 16.5. The average molecular weight is 322 g/mol. The molecule has 0 spiro atoms. The minimum atomic E-state index is 0.180. The van der Waals surface area contributed by atoms with Gasteiger partial charge in [-0.2, -0.15) is 0 Å². The summed E-state index contributed by atoms with van der Waals surface area (Å²) >= 11 is 0. The van der Waals surface area contributed by atoms with E-state index in [1.165, 1.54) is 37.7 Å². The topological polar surface area (TPSA) is 38.7 Å². The highest BCUT2D eigenvalue weighted by molar-refractivity contribution is 5.25. The second-order valence-corrected chi connectivity index (χ2v) is 6.29. The largest absolute Gasteiger partial charge is 0.508 e. The number of hydrogen-bond donors (Lipinski definition) is 1. The van der Waals surface area contributed by atoms with Crippen molar-refractivity contribution in [2.45, 2.75) is 71.3 Å². The van der Waals surface area contributed by atoms with E-state index in [0.717, 1.165) is 32.5 Å². The molecule has 0 heterocycles. The molecule has 0 aromatic heterocycles. The first kappa shape index (κ1) is 20.0. The van der Waals surface area contributed by atoms with Crippen molar-refractivity contribution in [3.8, 4) is 5.75 Å². The minimum absolute atomic E-state index is 0.180. The third-order valence-electron chi connectivity index (χ3n) is 3.94. The van der Waals surface area contributed by atoms with Crippen molar-refractivity contribution >= 4 is 0 Å². The number of unbranched alkanes of at least 4 members (excludes halogenated alkanes) is 5. The van der Waals surface area contributed by atoms with Gasteiger partial charge in [-0.05, 0) is 43.9 Å². The minimum Gasteiger partial charge on any atom is -0.508 e. The lowest BCUT2D eigenvalue weighted by Gasteiger charge is -2.13. The van der Waals surface area contributed by atoms with Gasteiger partial charge in [0.15, 0.2) is 0 Å². The molecule has 0 aliphatic carbocycles. The predicted octanol–water partition coefficient (Wildman–Crippen LogP) is 5.11. The lowest BCUT2D eigenvalue weighted by Crippen LogP contribution is -2.17. The Morgan fingerprint density at radius 1 is 0.913 bits per heavy atom. The maximum atomic E-state index is 9.23. The smallest absolute Gasteiger partial charge is 0.115 e. The van der Waals surface area contributed by atoms with Crippen LogP contribution in [0.25, 0.3) is 0 Å². The second kappa shape index (κ2) is 13.4. The van der Waals surface area contributed by atoms with E-state index >= 15 is 0 Å². The van der Waals surface area contributed by atoms with Crippen LogP contribution in [0.3, 0.4) is 0 Å². The fraction of sp³-hybridized carbons (Fsp3) is 0.700. The van der Waals surface area contributed by atoms with Crippen LogP contribution in [0.2, 0.25) is 0 Å². The van der Waals surface area contributed by atoms with E-state index in [1.807, 2.05) is 12.1 Å². The number of benzene rings is 1. The summed E-state index contributed by atoms with van der Waals surface area (Å²) in [7, 11) is 0. The Labute approximate surface area is 142 Å². The number of phenolic OH excluding ortho intramolecular Hbond substituents is 1. The van der Waals surface area contributed by atoms with E-state index in [4.69, 9.17) is 9.47 Å². The van der Waals surface area contributed by atoms with Gasteiger partial charge in [-0.25, -0.2) is 0 Å². The van der Waals surface area contributed by atoms with Crippen molar-refractivity contribution in [2.75, 3.05) is 19.8 Å². The van der Waals surface area contributed by atoms with Crippen molar-refractivity contribution in [2.24, 2.45) is 0 Å². The van der Waals surface area contributed by atoms with E-state index in [1.54, 1.807) is 12.1 Å². The first-order valence-corrected chi connectivity index (χ1v) is 9.19. The van der Waals surface area contributed by atoms with Crippen LogP contribution in [0.1, 0.15) is 64.4 Å². The molecule has 0 unspecified atom stereocenters. The summed E-state index contributed by atoms with van der Waals surface area (Å²) in [6.45, 7) is 6.60. The van der Waals surface area contributed by atoms with Crippen molar-refractivity contribution in [3.63, 3.8) is 0 Å². The van der Waals surface area contributed by atoms with Crippen LogP contribution < -0.4 is 0 Å². The molecular formula is C20H34O3. The Morgan fingerprint density at radius 3 is 2.35 bits per heavy atom. The number of hydrogen-bond acceptors (Lipinski definition) is 3. The summed E-state index contributed by atoms with van der Waals surface area (Å²) in [6, 6.07) is 7.38. The molecule has 0 radical (unpaired) electrons. The molecule has 132 valence electrons. The molecule has 1 aromatic rings. The van der Waals surface area contributed by atoms with Crippen LogP contribution in [0.4, 0.5) is 0 Å². The van der Waals surface area contributed by atoms with Gasteiger partial charge in [0.2, 0.25) is 0 Å². The maximum absolute atomic E-state index is 9.23. The van der Waals surface area contributed by atoms with Gasteiger partial charge >= 0.3 is 0 Å². The summed E-state index contributed by atoms with van der Waals surface area (Å²) in [4.78, 5) is 0. The van der Waals surface area contributed by atoms with Gasteiger partial charge < -0.3 is 14.6 Å². The molecule has 0 fully saturated rings.